The van der Waals surface area contributed by atoms with Crippen LogP contribution < -0.4 is 16.6 Å². The Morgan fingerprint density at radius 2 is 2.12 bits per heavy atom. The van der Waals surface area contributed by atoms with Crippen LogP contribution in [0.5, 0.6) is 0 Å². The van der Waals surface area contributed by atoms with Crippen LogP contribution in [0.3, 0.4) is 0 Å². The minimum Gasteiger partial charge on any atom is -0.352 e. The summed E-state index contributed by atoms with van der Waals surface area (Å²) in [6.07, 6.45) is 2.61. The third-order valence-electron chi connectivity index (χ3n) is 3.85. The van der Waals surface area contributed by atoms with Gasteiger partial charge in [-0.2, -0.15) is 4.31 Å². The number of carbonyl (C=O) groups excluding carboxylic acids is 1. The van der Waals surface area contributed by atoms with E-state index in [9.17, 15) is 22.8 Å². The van der Waals surface area contributed by atoms with Crippen LogP contribution in [0.2, 0.25) is 0 Å². The summed E-state index contributed by atoms with van der Waals surface area (Å²) in [7, 11) is -4.11. The van der Waals surface area contributed by atoms with E-state index >= 15 is 0 Å². The topological polar surface area (TPSA) is 132 Å². The number of aromatic amines is 2. The summed E-state index contributed by atoms with van der Waals surface area (Å²) in [4.78, 5) is 38.9. The van der Waals surface area contributed by atoms with E-state index in [0.29, 0.717) is 19.4 Å². The van der Waals surface area contributed by atoms with Crippen molar-refractivity contribution in [2.75, 3.05) is 19.6 Å². The molecule has 10 heteroatoms. The number of piperidine rings is 1. The van der Waals surface area contributed by atoms with E-state index in [0.717, 1.165) is 4.31 Å². The molecule has 24 heavy (non-hydrogen) atoms. The highest BCUT2D eigenvalue weighted by Crippen LogP contribution is 2.23. The van der Waals surface area contributed by atoms with Crippen LogP contribution >= 0.6 is 0 Å². The second-order valence-electron chi connectivity index (χ2n) is 5.60. The summed E-state index contributed by atoms with van der Waals surface area (Å²) in [5, 5.41) is 2.65. The zero-order valence-corrected chi connectivity index (χ0v) is 14.1. The van der Waals surface area contributed by atoms with E-state index in [1.807, 2.05) is 4.98 Å². The van der Waals surface area contributed by atoms with Crippen LogP contribution in [-0.4, -0.2) is 48.2 Å². The van der Waals surface area contributed by atoms with Crippen LogP contribution in [0.25, 0.3) is 0 Å². The van der Waals surface area contributed by atoms with Gasteiger partial charge in [0, 0.05) is 25.3 Å². The SMILES string of the molecule is C=CCNC(=O)[C@H]1CCCN(S(=O)(=O)c2c(C)[nH]c(=O)[nH]c2=O)C1. The van der Waals surface area contributed by atoms with Gasteiger partial charge < -0.3 is 10.3 Å². The second kappa shape index (κ2) is 7.14. The zero-order chi connectivity index (χ0) is 17.9. The minimum atomic E-state index is -4.11. The lowest BCUT2D eigenvalue weighted by molar-refractivity contribution is -0.125. The van der Waals surface area contributed by atoms with E-state index in [1.54, 1.807) is 6.08 Å². The van der Waals surface area contributed by atoms with Crippen molar-refractivity contribution in [3.8, 4) is 0 Å². The predicted octanol–water partition coefficient (Wildman–Crippen LogP) is -0.925. The third kappa shape index (κ3) is 3.65. The zero-order valence-electron chi connectivity index (χ0n) is 13.3. The largest absolute Gasteiger partial charge is 0.352 e. The van der Waals surface area contributed by atoms with Gasteiger partial charge in [-0.1, -0.05) is 6.08 Å². The van der Waals surface area contributed by atoms with Crippen molar-refractivity contribution >= 4 is 15.9 Å². The Morgan fingerprint density at radius 3 is 2.75 bits per heavy atom. The third-order valence-corrected chi connectivity index (χ3v) is 5.87. The lowest BCUT2D eigenvalue weighted by Gasteiger charge is -2.31. The molecular weight excluding hydrogens is 336 g/mol. The number of aryl methyl sites for hydroxylation is 1. The average molecular weight is 356 g/mol. The molecule has 0 saturated carbocycles. The maximum Gasteiger partial charge on any atom is 0.325 e. The number of sulfonamides is 1. The molecule has 1 saturated heterocycles. The monoisotopic (exact) mass is 356 g/mol. The Labute approximate surface area is 138 Å². The number of rotatable bonds is 5. The smallest absolute Gasteiger partial charge is 0.325 e. The van der Waals surface area contributed by atoms with Crippen molar-refractivity contribution in [1.82, 2.24) is 19.6 Å². The van der Waals surface area contributed by atoms with Gasteiger partial charge in [-0.25, -0.2) is 13.2 Å². The van der Waals surface area contributed by atoms with Gasteiger partial charge in [0.2, 0.25) is 15.9 Å². The normalized spacial score (nSPS) is 19.0. The Hall–Kier alpha value is -2.20. The predicted molar refractivity (Wildman–Crippen MR) is 87.1 cm³/mol. The van der Waals surface area contributed by atoms with E-state index < -0.39 is 32.1 Å². The molecule has 0 radical (unpaired) electrons. The number of amides is 1. The van der Waals surface area contributed by atoms with E-state index in [4.69, 9.17) is 0 Å². The number of carbonyl (C=O) groups is 1. The van der Waals surface area contributed by atoms with Crippen LogP contribution in [-0.2, 0) is 14.8 Å². The van der Waals surface area contributed by atoms with Gasteiger partial charge in [0.05, 0.1) is 5.92 Å². The molecule has 9 nitrogen and oxygen atoms in total. The molecule has 2 heterocycles. The Balaban J connectivity index is 2.30. The molecule has 1 atom stereocenters. The molecule has 3 N–H and O–H groups in total. The number of nitrogens with one attached hydrogen (secondary N) is 3. The molecule has 1 aromatic heterocycles. The van der Waals surface area contributed by atoms with Crippen molar-refractivity contribution in [2.24, 2.45) is 5.92 Å². The molecule has 2 rings (SSSR count). The summed E-state index contributed by atoms with van der Waals surface area (Å²) >= 11 is 0. The summed E-state index contributed by atoms with van der Waals surface area (Å²) < 4.78 is 26.6. The number of nitrogens with zero attached hydrogens (tertiary/aromatic N) is 1. The summed E-state index contributed by atoms with van der Waals surface area (Å²) in [6.45, 7) is 5.37. The Kier molecular flexibility index (Phi) is 5.40. The molecular formula is C14H20N4O5S. The molecule has 132 valence electrons. The van der Waals surface area contributed by atoms with E-state index in [-0.39, 0.29) is 24.7 Å². The van der Waals surface area contributed by atoms with Gasteiger partial charge in [-0.05, 0) is 19.8 Å². The van der Waals surface area contributed by atoms with Crippen molar-refractivity contribution in [3.05, 3.63) is 39.2 Å². The minimum absolute atomic E-state index is 0.0106. The van der Waals surface area contributed by atoms with Crippen molar-refractivity contribution in [2.45, 2.75) is 24.7 Å². The quantitative estimate of drug-likeness (QED) is 0.587. The van der Waals surface area contributed by atoms with Crippen molar-refractivity contribution < 1.29 is 13.2 Å². The fourth-order valence-electron chi connectivity index (χ4n) is 2.72. The first kappa shape index (κ1) is 18.1. The molecule has 1 aromatic rings. The molecule has 0 aliphatic carbocycles. The molecule has 0 aromatic carbocycles. The summed E-state index contributed by atoms with van der Waals surface area (Å²) in [6, 6.07) is 0. The highest BCUT2D eigenvalue weighted by Gasteiger charge is 2.35. The molecule has 0 unspecified atom stereocenters. The second-order valence-corrected chi connectivity index (χ2v) is 7.47. The van der Waals surface area contributed by atoms with Crippen LogP contribution in [0.4, 0.5) is 0 Å². The van der Waals surface area contributed by atoms with Gasteiger partial charge >= 0.3 is 5.69 Å². The molecule has 1 aliphatic rings. The summed E-state index contributed by atoms with van der Waals surface area (Å²) in [5.74, 6) is -0.738. The van der Waals surface area contributed by atoms with Gasteiger partial charge in [0.15, 0.2) is 4.90 Å². The standard InChI is InChI=1S/C14H20N4O5S/c1-3-6-15-12(19)10-5-4-7-18(8-10)24(22,23)11-9(2)16-14(21)17-13(11)20/h3,10H,1,4-8H2,2H3,(H,15,19)(H2,16,17,20,21)/t10-/m0/s1. The van der Waals surface area contributed by atoms with E-state index in [1.165, 1.54) is 6.92 Å². The molecule has 1 amide bonds. The fourth-order valence-corrected chi connectivity index (χ4v) is 4.45. The van der Waals surface area contributed by atoms with Crippen molar-refractivity contribution in [1.29, 1.82) is 0 Å². The highest BCUT2D eigenvalue weighted by atomic mass is 32.2. The molecule has 0 bridgehead atoms. The Morgan fingerprint density at radius 1 is 1.42 bits per heavy atom. The summed E-state index contributed by atoms with van der Waals surface area (Å²) in [5.41, 5.74) is -1.76. The van der Waals surface area contributed by atoms with Crippen LogP contribution in [0, 0.1) is 12.8 Å². The first-order valence-electron chi connectivity index (χ1n) is 7.49. The molecule has 1 fully saturated rings. The van der Waals surface area contributed by atoms with Gasteiger partial charge in [-0.15, -0.1) is 6.58 Å². The number of H-pyrrole nitrogens is 2. The van der Waals surface area contributed by atoms with E-state index in [2.05, 4.69) is 16.9 Å². The van der Waals surface area contributed by atoms with Gasteiger partial charge in [0.1, 0.15) is 0 Å². The van der Waals surface area contributed by atoms with Gasteiger partial charge in [0.25, 0.3) is 5.56 Å². The number of hydrogen-bond donors (Lipinski definition) is 3. The van der Waals surface area contributed by atoms with Gasteiger partial charge in [-0.3, -0.25) is 14.6 Å². The Bertz CT molecular complexity index is 855. The average Bonchev–Trinajstić information content (AvgIpc) is 2.51. The lowest BCUT2D eigenvalue weighted by atomic mass is 9.99. The van der Waals surface area contributed by atoms with Crippen LogP contribution in [0.1, 0.15) is 18.5 Å². The lowest BCUT2D eigenvalue weighted by Crippen LogP contribution is -2.47. The molecule has 1 aliphatic heterocycles. The maximum absolute atomic E-state index is 12.8. The van der Waals surface area contributed by atoms with Crippen LogP contribution in [0.15, 0.2) is 27.1 Å². The first-order chi connectivity index (χ1) is 11.3. The molecule has 0 spiro atoms. The first-order valence-corrected chi connectivity index (χ1v) is 8.93. The highest BCUT2D eigenvalue weighted by molar-refractivity contribution is 7.89. The van der Waals surface area contributed by atoms with Crippen molar-refractivity contribution in [3.63, 3.8) is 0 Å². The fraction of sp³-hybridized carbons (Fsp3) is 0.500. The number of hydrogen-bond acceptors (Lipinski definition) is 5. The number of aromatic nitrogens is 2. The maximum atomic E-state index is 12.8.